The zero-order chi connectivity index (χ0) is 18.1. The number of hydrogen-bond donors (Lipinski definition) is 2. The number of carbonyl (C=O) groups is 1. The van der Waals surface area contributed by atoms with Gasteiger partial charge < -0.3 is 9.72 Å². The molecule has 2 N–H and O–H groups in total. The molecule has 9 heteroatoms. The molecule has 1 atom stereocenters. The van der Waals surface area contributed by atoms with Gasteiger partial charge >= 0.3 is 0 Å². The summed E-state index contributed by atoms with van der Waals surface area (Å²) in [5, 5.41) is 16.3. The summed E-state index contributed by atoms with van der Waals surface area (Å²) in [5.74, 6) is -0.158. The van der Waals surface area contributed by atoms with Crippen LogP contribution >= 0.6 is 0 Å². The van der Waals surface area contributed by atoms with Gasteiger partial charge in [0.15, 0.2) is 5.82 Å². The van der Waals surface area contributed by atoms with E-state index in [-0.39, 0.29) is 17.8 Å². The normalized spacial score (nSPS) is 12.2. The molecule has 0 radical (unpaired) electrons. The third-order valence-electron chi connectivity index (χ3n) is 3.95. The summed E-state index contributed by atoms with van der Waals surface area (Å²) in [6, 6.07) is 9.16. The highest BCUT2D eigenvalue weighted by Gasteiger charge is 2.15. The molecule has 1 amide bonds. The minimum atomic E-state index is -0.380. The number of amides is 1. The topological polar surface area (TPSA) is 101 Å². The number of fused-ring (bicyclic) bond motifs is 1. The average Bonchev–Trinajstić information content (AvgIpc) is 3.31. The van der Waals surface area contributed by atoms with E-state index < -0.39 is 0 Å². The Labute approximate surface area is 147 Å². The Morgan fingerprint density at radius 2 is 2.00 bits per heavy atom. The van der Waals surface area contributed by atoms with Gasteiger partial charge in [0.1, 0.15) is 11.5 Å². The van der Waals surface area contributed by atoms with Crippen LogP contribution in [0.2, 0.25) is 0 Å². The molecule has 3 aromatic heterocycles. The van der Waals surface area contributed by atoms with Crippen molar-refractivity contribution in [1.29, 1.82) is 0 Å². The van der Waals surface area contributed by atoms with Crippen LogP contribution in [0, 0.1) is 5.82 Å². The van der Waals surface area contributed by atoms with E-state index in [0.717, 1.165) is 5.56 Å². The number of aromatic amines is 1. The number of aromatic nitrogens is 6. The number of rotatable bonds is 4. The van der Waals surface area contributed by atoms with Crippen molar-refractivity contribution < 1.29 is 9.18 Å². The first-order valence-electron chi connectivity index (χ1n) is 7.89. The van der Waals surface area contributed by atoms with E-state index in [9.17, 15) is 9.18 Å². The van der Waals surface area contributed by atoms with Crippen LogP contribution < -0.4 is 5.32 Å². The second-order valence-corrected chi connectivity index (χ2v) is 5.78. The second kappa shape index (κ2) is 6.36. The van der Waals surface area contributed by atoms with E-state index in [1.807, 2.05) is 0 Å². The highest BCUT2D eigenvalue weighted by molar-refractivity contribution is 5.94. The van der Waals surface area contributed by atoms with Crippen LogP contribution in [0.5, 0.6) is 0 Å². The third kappa shape index (κ3) is 3.02. The quantitative estimate of drug-likeness (QED) is 0.587. The molecule has 1 aromatic carbocycles. The Kier molecular flexibility index (Phi) is 3.88. The van der Waals surface area contributed by atoms with Crippen molar-refractivity contribution in [2.45, 2.75) is 13.0 Å². The standard InChI is InChI=1S/C17H14FN7O/c1-10(16-21-23-24-22-16)19-17(26)12-4-7-15-20-14(9-25(15)8-12)11-2-5-13(18)6-3-11/h2-10H,1H3,(H,19,26)(H,21,22,23,24)/t10-/m1/s1. The molecule has 0 aliphatic rings. The van der Waals surface area contributed by atoms with Gasteiger partial charge in [0.2, 0.25) is 0 Å². The first kappa shape index (κ1) is 15.9. The SMILES string of the molecule is C[C@@H](NC(=O)c1ccc2nc(-c3ccc(F)cc3)cn2c1)c1nn[nH]n1. The molecule has 0 unspecified atom stereocenters. The average molecular weight is 351 g/mol. The van der Waals surface area contributed by atoms with E-state index in [2.05, 4.69) is 30.9 Å². The van der Waals surface area contributed by atoms with Crippen molar-refractivity contribution >= 4 is 11.6 Å². The molecule has 0 spiro atoms. The van der Waals surface area contributed by atoms with Crippen LogP contribution in [0.4, 0.5) is 4.39 Å². The number of imidazole rings is 1. The number of halogens is 1. The minimum Gasteiger partial charge on any atom is -0.342 e. The maximum atomic E-state index is 13.1. The number of pyridine rings is 1. The van der Waals surface area contributed by atoms with Crippen molar-refractivity contribution in [2.75, 3.05) is 0 Å². The van der Waals surface area contributed by atoms with Crippen molar-refractivity contribution in [1.82, 2.24) is 35.3 Å². The lowest BCUT2D eigenvalue weighted by Crippen LogP contribution is -2.27. The van der Waals surface area contributed by atoms with E-state index >= 15 is 0 Å². The first-order chi connectivity index (χ1) is 12.6. The highest BCUT2D eigenvalue weighted by atomic mass is 19.1. The Hall–Kier alpha value is -3.62. The summed E-state index contributed by atoms with van der Waals surface area (Å²) in [4.78, 5) is 16.9. The molecule has 8 nitrogen and oxygen atoms in total. The molecule has 0 saturated heterocycles. The van der Waals surface area contributed by atoms with E-state index in [0.29, 0.717) is 22.7 Å². The van der Waals surface area contributed by atoms with E-state index in [1.54, 1.807) is 48.0 Å². The molecule has 0 saturated carbocycles. The zero-order valence-corrected chi connectivity index (χ0v) is 13.7. The molecule has 3 heterocycles. The van der Waals surface area contributed by atoms with Crippen LogP contribution in [0.1, 0.15) is 29.1 Å². The molecule has 4 aromatic rings. The van der Waals surface area contributed by atoms with E-state index in [4.69, 9.17) is 0 Å². The molecule has 4 rings (SSSR count). The lowest BCUT2D eigenvalue weighted by atomic mass is 10.2. The van der Waals surface area contributed by atoms with Gasteiger partial charge in [0, 0.05) is 18.0 Å². The molecule has 130 valence electrons. The number of tetrazole rings is 1. The van der Waals surface area contributed by atoms with Crippen molar-refractivity contribution in [3.05, 3.63) is 66.0 Å². The predicted octanol–water partition coefficient (Wildman–Crippen LogP) is 2.14. The third-order valence-corrected chi connectivity index (χ3v) is 3.95. The number of carbonyl (C=O) groups excluding carboxylic acids is 1. The first-order valence-corrected chi connectivity index (χ1v) is 7.89. The van der Waals surface area contributed by atoms with Gasteiger partial charge in [-0.1, -0.05) is 5.21 Å². The summed E-state index contributed by atoms with van der Waals surface area (Å²) >= 11 is 0. The molecular weight excluding hydrogens is 337 g/mol. The maximum absolute atomic E-state index is 13.1. The Morgan fingerprint density at radius 1 is 1.19 bits per heavy atom. The van der Waals surface area contributed by atoms with Crippen molar-refractivity contribution in [2.24, 2.45) is 0 Å². The van der Waals surface area contributed by atoms with E-state index in [1.165, 1.54) is 12.1 Å². The number of benzene rings is 1. The van der Waals surface area contributed by atoms with Gasteiger partial charge in [-0.2, -0.15) is 5.21 Å². The number of hydrogen-bond acceptors (Lipinski definition) is 5. The van der Waals surface area contributed by atoms with Gasteiger partial charge in [-0.25, -0.2) is 9.37 Å². The fourth-order valence-electron chi connectivity index (χ4n) is 2.58. The van der Waals surface area contributed by atoms with Gasteiger partial charge in [0.25, 0.3) is 5.91 Å². The molecule has 0 bridgehead atoms. The lowest BCUT2D eigenvalue weighted by Gasteiger charge is -2.10. The minimum absolute atomic E-state index is 0.263. The fourth-order valence-corrected chi connectivity index (χ4v) is 2.58. The molecule has 0 fully saturated rings. The number of nitrogens with one attached hydrogen (secondary N) is 2. The summed E-state index contributed by atoms with van der Waals surface area (Å²) in [5.41, 5.74) is 2.65. The zero-order valence-electron chi connectivity index (χ0n) is 13.7. The van der Waals surface area contributed by atoms with Crippen molar-refractivity contribution in [3.63, 3.8) is 0 Å². The molecule has 26 heavy (non-hydrogen) atoms. The van der Waals surface area contributed by atoms with Gasteiger partial charge in [-0.15, -0.1) is 10.2 Å². The number of nitrogens with zero attached hydrogens (tertiary/aromatic N) is 5. The van der Waals surface area contributed by atoms with Crippen LogP contribution in [0.25, 0.3) is 16.9 Å². The monoisotopic (exact) mass is 351 g/mol. The largest absolute Gasteiger partial charge is 0.342 e. The van der Waals surface area contributed by atoms with Crippen LogP contribution in [0.3, 0.4) is 0 Å². The Bertz CT molecular complexity index is 1060. The highest BCUT2D eigenvalue weighted by Crippen LogP contribution is 2.20. The van der Waals surface area contributed by atoms with Crippen molar-refractivity contribution in [3.8, 4) is 11.3 Å². The maximum Gasteiger partial charge on any atom is 0.253 e. The van der Waals surface area contributed by atoms with Crippen LogP contribution in [0.15, 0.2) is 48.8 Å². The molecule has 0 aliphatic carbocycles. The van der Waals surface area contributed by atoms with Gasteiger partial charge in [0.05, 0.1) is 17.3 Å². The van der Waals surface area contributed by atoms with Gasteiger partial charge in [-0.05, 0) is 43.3 Å². The van der Waals surface area contributed by atoms with Crippen LogP contribution in [-0.4, -0.2) is 35.9 Å². The summed E-state index contributed by atoms with van der Waals surface area (Å²) in [6.45, 7) is 1.77. The molecular formula is C17H14FN7O. The Balaban J connectivity index is 1.59. The second-order valence-electron chi connectivity index (χ2n) is 5.78. The lowest BCUT2D eigenvalue weighted by molar-refractivity contribution is 0.0938. The number of H-pyrrole nitrogens is 1. The summed E-state index contributed by atoms with van der Waals surface area (Å²) < 4.78 is 14.8. The Morgan fingerprint density at radius 3 is 2.73 bits per heavy atom. The fraction of sp³-hybridized carbons (Fsp3) is 0.118. The van der Waals surface area contributed by atoms with Crippen LogP contribution in [-0.2, 0) is 0 Å². The van der Waals surface area contributed by atoms with Gasteiger partial charge in [-0.3, -0.25) is 4.79 Å². The summed E-state index contributed by atoms with van der Waals surface area (Å²) in [6.07, 6.45) is 3.48. The smallest absolute Gasteiger partial charge is 0.253 e. The summed E-state index contributed by atoms with van der Waals surface area (Å²) in [7, 11) is 0. The molecule has 0 aliphatic heterocycles. The predicted molar refractivity (Wildman–Crippen MR) is 90.6 cm³/mol.